The van der Waals surface area contributed by atoms with Crippen molar-refractivity contribution >= 4 is 28.9 Å². The molecule has 0 radical (unpaired) electrons. The normalized spacial score (nSPS) is 10.8. The minimum Gasteiger partial charge on any atom is -0.477 e. The topological polar surface area (TPSA) is 95.8 Å². The molecule has 3 N–H and O–H groups in total. The first-order valence-corrected chi connectivity index (χ1v) is 10.4. The molecule has 0 aliphatic carbocycles. The molecule has 0 fully saturated rings. The lowest BCUT2D eigenvalue weighted by molar-refractivity contribution is 0.328. The van der Waals surface area contributed by atoms with Crippen molar-refractivity contribution in [2.24, 2.45) is 0 Å². The Kier molecular flexibility index (Phi) is 6.77. The molecule has 29 heavy (non-hydrogen) atoms. The number of ether oxygens (including phenoxy) is 1. The van der Waals surface area contributed by atoms with Crippen LogP contribution in [-0.4, -0.2) is 33.8 Å². The molecule has 0 saturated heterocycles. The number of nitrogens with one attached hydrogen (secondary N) is 3. The van der Waals surface area contributed by atoms with E-state index in [0.29, 0.717) is 30.4 Å². The van der Waals surface area contributed by atoms with Crippen molar-refractivity contribution in [1.29, 1.82) is 5.41 Å². The highest BCUT2D eigenvalue weighted by Gasteiger charge is 2.17. The van der Waals surface area contributed by atoms with E-state index in [1.165, 1.54) is 11.1 Å². The van der Waals surface area contributed by atoms with Crippen molar-refractivity contribution in [3.8, 4) is 17.1 Å². The van der Waals surface area contributed by atoms with Crippen molar-refractivity contribution in [1.82, 2.24) is 15.0 Å². The molecule has 0 aromatic carbocycles. The zero-order valence-electron chi connectivity index (χ0n) is 17.1. The van der Waals surface area contributed by atoms with Gasteiger partial charge in [0.15, 0.2) is 0 Å². The van der Waals surface area contributed by atoms with Gasteiger partial charge in [0.05, 0.1) is 47.0 Å². The highest BCUT2D eigenvalue weighted by Crippen LogP contribution is 2.34. The quantitative estimate of drug-likeness (QED) is 0.441. The van der Waals surface area contributed by atoms with Gasteiger partial charge in [-0.1, -0.05) is 0 Å². The third kappa shape index (κ3) is 4.89. The molecule has 0 unspecified atom stereocenters. The van der Waals surface area contributed by atoms with Gasteiger partial charge in [-0.25, -0.2) is 15.0 Å². The molecule has 8 heteroatoms. The van der Waals surface area contributed by atoms with Gasteiger partial charge in [-0.05, 0) is 45.9 Å². The Bertz CT molecular complexity index is 985. The molecule has 152 valence electrons. The molecule has 3 aromatic heterocycles. The molecule has 3 aromatic rings. The van der Waals surface area contributed by atoms with Crippen LogP contribution in [0.1, 0.15) is 37.0 Å². The maximum absolute atomic E-state index is 7.91. The van der Waals surface area contributed by atoms with Crippen LogP contribution in [0.4, 0.5) is 11.4 Å². The summed E-state index contributed by atoms with van der Waals surface area (Å²) in [4.78, 5) is 14.5. The molecule has 0 saturated carbocycles. The van der Waals surface area contributed by atoms with Gasteiger partial charge < -0.3 is 20.8 Å². The predicted molar refractivity (Wildman–Crippen MR) is 119 cm³/mol. The monoisotopic (exact) mass is 410 g/mol. The number of nitrogens with zero attached hydrogens (tertiary/aromatic N) is 3. The standard InChI is InChI=1S/C21H26N6OS/c1-5-28-21-15(7-6-8-23-21)16-9-17(24-11-19-14(4)25-12-29-19)20(26-13(2)3)18(10-22)27-16/h6-10,12-13,22,26H,5,11H2,1-4H3,(H,24,27). The second-order valence-electron chi connectivity index (χ2n) is 6.76. The first-order valence-electron chi connectivity index (χ1n) is 9.56. The van der Waals surface area contributed by atoms with Crippen LogP contribution in [0.3, 0.4) is 0 Å². The van der Waals surface area contributed by atoms with Crippen molar-refractivity contribution in [3.05, 3.63) is 46.2 Å². The maximum Gasteiger partial charge on any atom is 0.222 e. The molecular formula is C21H26N6OS. The third-order valence-electron chi connectivity index (χ3n) is 4.23. The van der Waals surface area contributed by atoms with Crippen molar-refractivity contribution in [3.63, 3.8) is 0 Å². The number of aryl methyl sites for hydroxylation is 1. The zero-order valence-corrected chi connectivity index (χ0v) is 17.9. The highest BCUT2D eigenvalue weighted by molar-refractivity contribution is 7.09. The lowest BCUT2D eigenvalue weighted by Gasteiger charge is -2.20. The van der Waals surface area contributed by atoms with E-state index in [1.54, 1.807) is 17.5 Å². The fraction of sp³-hybridized carbons (Fsp3) is 0.333. The number of hydrogen-bond donors (Lipinski definition) is 3. The first kappa shape index (κ1) is 20.7. The van der Waals surface area contributed by atoms with Crippen LogP contribution in [0.2, 0.25) is 0 Å². The number of thiazole rings is 1. The first-order chi connectivity index (χ1) is 14.0. The molecule has 0 atom stereocenters. The number of pyridine rings is 2. The lowest BCUT2D eigenvalue weighted by Crippen LogP contribution is -2.15. The summed E-state index contributed by atoms with van der Waals surface area (Å²) in [7, 11) is 0. The summed E-state index contributed by atoms with van der Waals surface area (Å²) in [5, 5.41) is 14.8. The average Bonchev–Trinajstić information content (AvgIpc) is 3.12. The second kappa shape index (κ2) is 9.47. The minimum absolute atomic E-state index is 0.199. The molecular weight excluding hydrogens is 384 g/mol. The van der Waals surface area contributed by atoms with Crippen LogP contribution in [0.25, 0.3) is 11.3 Å². The minimum atomic E-state index is 0.199. The Morgan fingerprint density at radius 3 is 2.79 bits per heavy atom. The largest absolute Gasteiger partial charge is 0.477 e. The van der Waals surface area contributed by atoms with E-state index in [0.717, 1.165) is 22.6 Å². The summed E-state index contributed by atoms with van der Waals surface area (Å²) >= 11 is 1.62. The zero-order chi connectivity index (χ0) is 20.8. The summed E-state index contributed by atoms with van der Waals surface area (Å²) in [6, 6.07) is 5.97. The van der Waals surface area contributed by atoms with Gasteiger partial charge in [0, 0.05) is 23.3 Å². The summed E-state index contributed by atoms with van der Waals surface area (Å²) in [6.45, 7) is 9.22. The van der Waals surface area contributed by atoms with E-state index in [9.17, 15) is 0 Å². The summed E-state index contributed by atoms with van der Waals surface area (Å²) < 4.78 is 5.68. The Morgan fingerprint density at radius 1 is 1.31 bits per heavy atom. The van der Waals surface area contributed by atoms with Gasteiger partial charge in [0.2, 0.25) is 5.88 Å². The Hall–Kier alpha value is -3.00. The lowest BCUT2D eigenvalue weighted by atomic mass is 10.1. The van der Waals surface area contributed by atoms with Gasteiger partial charge in [-0.2, -0.15) is 0 Å². The molecule has 0 spiro atoms. The van der Waals surface area contributed by atoms with Crippen molar-refractivity contribution < 1.29 is 4.74 Å². The van der Waals surface area contributed by atoms with Crippen molar-refractivity contribution in [2.75, 3.05) is 17.2 Å². The SMILES string of the molecule is CCOc1ncccc1-c1cc(NCc2scnc2C)c(NC(C)C)c(C=N)n1. The van der Waals surface area contributed by atoms with Gasteiger partial charge in [0.1, 0.15) is 5.69 Å². The fourth-order valence-corrected chi connectivity index (χ4v) is 3.61. The summed E-state index contributed by atoms with van der Waals surface area (Å²) in [6.07, 6.45) is 2.97. The van der Waals surface area contributed by atoms with Crippen LogP contribution < -0.4 is 15.4 Å². The fourth-order valence-electron chi connectivity index (χ4n) is 2.90. The molecule has 0 bridgehead atoms. The molecule has 3 rings (SSSR count). The maximum atomic E-state index is 7.91. The van der Waals surface area contributed by atoms with E-state index < -0.39 is 0 Å². The summed E-state index contributed by atoms with van der Waals surface area (Å²) in [5.41, 5.74) is 6.62. The van der Waals surface area contributed by atoms with Gasteiger partial charge in [-0.15, -0.1) is 11.3 Å². The van der Waals surface area contributed by atoms with Crippen LogP contribution in [0.15, 0.2) is 29.9 Å². The van der Waals surface area contributed by atoms with Crippen LogP contribution in [0.5, 0.6) is 5.88 Å². The Morgan fingerprint density at radius 2 is 2.14 bits per heavy atom. The molecule has 0 aliphatic heterocycles. The molecule has 0 amide bonds. The highest BCUT2D eigenvalue weighted by atomic mass is 32.1. The van der Waals surface area contributed by atoms with Crippen LogP contribution in [-0.2, 0) is 6.54 Å². The number of anilines is 2. The van der Waals surface area contributed by atoms with E-state index in [-0.39, 0.29) is 6.04 Å². The van der Waals surface area contributed by atoms with Gasteiger partial charge >= 0.3 is 0 Å². The van der Waals surface area contributed by atoms with Gasteiger partial charge in [0.25, 0.3) is 0 Å². The average molecular weight is 411 g/mol. The Balaban J connectivity index is 2.07. The Labute approximate surface area is 175 Å². The van der Waals surface area contributed by atoms with Crippen LogP contribution in [0, 0.1) is 12.3 Å². The second-order valence-corrected chi connectivity index (χ2v) is 7.70. The number of hydrogen-bond acceptors (Lipinski definition) is 8. The molecule has 0 aliphatic rings. The van der Waals surface area contributed by atoms with Gasteiger partial charge in [-0.3, -0.25) is 0 Å². The number of aromatic nitrogens is 3. The molecule has 3 heterocycles. The molecule has 7 nitrogen and oxygen atoms in total. The van der Waals surface area contributed by atoms with E-state index >= 15 is 0 Å². The smallest absolute Gasteiger partial charge is 0.222 e. The van der Waals surface area contributed by atoms with Crippen molar-refractivity contribution in [2.45, 2.75) is 40.3 Å². The van der Waals surface area contributed by atoms with E-state index in [4.69, 9.17) is 15.1 Å². The predicted octanol–water partition coefficient (Wildman–Crippen LogP) is 4.74. The van der Waals surface area contributed by atoms with E-state index in [1.807, 2.05) is 37.6 Å². The third-order valence-corrected chi connectivity index (χ3v) is 5.16. The number of rotatable bonds is 9. The van der Waals surface area contributed by atoms with E-state index in [2.05, 4.69) is 34.4 Å². The van der Waals surface area contributed by atoms with Crippen LogP contribution >= 0.6 is 11.3 Å². The summed E-state index contributed by atoms with van der Waals surface area (Å²) in [5.74, 6) is 0.534.